The smallest absolute Gasteiger partial charge is 0.338 e. The van der Waals surface area contributed by atoms with Crippen LogP contribution in [-0.2, 0) is 14.3 Å². The fraction of sp³-hybridized carbons (Fsp3) is 0.333. The number of carbonyl (C=O) groups excluding carboxylic acids is 3. The summed E-state index contributed by atoms with van der Waals surface area (Å²) >= 11 is 0. The van der Waals surface area contributed by atoms with Crippen LogP contribution in [0.4, 0.5) is 11.5 Å². The highest BCUT2D eigenvalue weighted by Gasteiger charge is 2.36. The second-order valence-electron chi connectivity index (χ2n) is 6.15. The second kappa shape index (κ2) is 7.81. The molecule has 1 aromatic heterocycles. The van der Waals surface area contributed by atoms with Crippen molar-refractivity contribution in [2.75, 3.05) is 17.2 Å². The molecule has 8 nitrogen and oxygen atoms in total. The quantitative estimate of drug-likeness (QED) is 0.606. The lowest BCUT2D eigenvalue weighted by Gasteiger charge is -2.22. The standard InChI is InChI=1S/C18H21N3O5/c1-5-25-15(22)12-6-8-13(9-7-12)19-16(23)18(3,4)17(24)20-14-10-11(2)26-21-14/h6-10H,5H2,1-4H3,(H,19,23)(H,20,21,24). The lowest BCUT2D eigenvalue weighted by Crippen LogP contribution is -2.41. The van der Waals surface area contributed by atoms with Gasteiger partial charge in [-0.05, 0) is 52.0 Å². The van der Waals surface area contributed by atoms with Crippen LogP contribution in [0.3, 0.4) is 0 Å². The van der Waals surface area contributed by atoms with Crippen molar-refractivity contribution in [1.82, 2.24) is 5.16 Å². The number of hydrogen-bond donors (Lipinski definition) is 2. The Balaban J connectivity index is 2.02. The lowest BCUT2D eigenvalue weighted by atomic mass is 9.91. The van der Waals surface area contributed by atoms with Crippen LogP contribution in [0.1, 0.15) is 36.9 Å². The lowest BCUT2D eigenvalue weighted by molar-refractivity contribution is -0.135. The largest absolute Gasteiger partial charge is 0.462 e. The Morgan fingerprint density at radius 3 is 2.27 bits per heavy atom. The van der Waals surface area contributed by atoms with Crippen LogP contribution in [-0.4, -0.2) is 29.5 Å². The first-order chi connectivity index (χ1) is 12.2. The summed E-state index contributed by atoms with van der Waals surface area (Å²) in [5.41, 5.74) is -0.517. The van der Waals surface area contributed by atoms with Gasteiger partial charge in [0.05, 0.1) is 12.2 Å². The fourth-order valence-corrected chi connectivity index (χ4v) is 1.99. The minimum absolute atomic E-state index is 0.243. The van der Waals surface area contributed by atoms with Gasteiger partial charge >= 0.3 is 5.97 Å². The maximum Gasteiger partial charge on any atom is 0.338 e. The molecule has 8 heteroatoms. The number of aryl methyl sites for hydroxylation is 1. The number of amides is 2. The summed E-state index contributed by atoms with van der Waals surface area (Å²) in [5, 5.41) is 8.87. The Labute approximate surface area is 150 Å². The Morgan fingerprint density at radius 2 is 1.73 bits per heavy atom. The van der Waals surface area contributed by atoms with Crippen LogP contribution in [0.5, 0.6) is 0 Å². The molecular weight excluding hydrogens is 338 g/mol. The number of carbonyl (C=O) groups is 3. The molecule has 0 spiro atoms. The molecule has 0 aliphatic rings. The van der Waals surface area contributed by atoms with Gasteiger partial charge in [-0.15, -0.1) is 0 Å². The third-order valence-corrected chi connectivity index (χ3v) is 3.66. The maximum absolute atomic E-state index is 12.5. The number of aromatic nitrogens is 1. The average molecular weight is 359 g/mol. The van der Waals surface area contributed by atoms with E-state index in [0.29, 0.717) is 17.0 Å². The molecule has 138 valence electrons. The van der Waals surface area contributed by atoms with Crippen LogP contribution in [0.2, 0.25) is 0 Å². The fourth-order valence-electron chi connectivity index (χ4n) is 1.99. The summed E-state index contributed by atoms with van der Waals surface area (Å²) in [4.78, 5) is 36.5. The second-order valence-corrected chi connectivity index (χ2v) is 6.15. The van der Waals surface area contributed by atoms with Gasteiger partial charge in [-0.2, -0.15) is 0 Å². The summed E-state index contributed by atoms with van der Waals surface area (Å²) in [7, 11) is 0. The van der Waals surface area contributed by atoms with E-state index < -0.39 is 23.2 Å². The molecule has 0 aliphatic heterocycles. The van der Waals surface area contributed by atoms with Crippen molar-refractivity contribution >= 4 is 29.3 Å². The molecule has 0 fully saturated rings. The van der Waals surface area contributed by atoms with Gasteiger partial charge in [-0.1, -0.05) is 5.16 Å². The van der Waals surface area contributed by atoms with Crippen LogP contribution in [0.25, 0.3) is 0 Å². The number of nitrogens with one attached hydrogen (secondary N) is 2. The van der Waals surface area contributed by atoms with Crippen LogP contribution >= 0.6 is 0 Å². The zero-order valence-corrected chi connectivity index (χ0v) is 15.1. The minimum Gasteiger partial charge on any atom is -0.462 e. The average Bonchev–Trinajstić information content (AvgIpc) is 3.00. The SMILES string of the molecule is CCOC(=O)c1ccc(NC(=O)C(C)(C)C(=O)Nc2cc(C)on2)cc1. The molecule has 0 saturated carbocycles. The normalized spacial score (nSPS) is 10.9. The Hall–Kier alpha value is -3.16. The Bertz CT molecular complexity index is 808. The van der Waals surface area contributed by atoms with Gasteiger partial charge in [0.25, 0.3) is 0 Å². The highest BCUT2D eigenvalue weighted by Crippen LogP contribution is 2.22. The Morgan fingerprint density at radius 1 is 1.12 bits per heavy atom. The Kier molecular flexibility index (Phi) is 5.76. The molecule has 0 radical (unpaired) electrons. The molecule has 1 aromatic carbocycles. The van der Waals surface area contributed by atoms with Crippen LogP contribution < -0.4 is 10.6 Å². The number of esters is 1. The van der Waals surface area contributed by atoms with E-state index in [1.165, 1.54) is 13.8 Å². The van der Waals surface area contributed by atoms with Crippen LogP contribution in [0, 0.1) is 12.3 Å². The molecule has 26 heavy (non-hydrogen) atoms. The van der Waals surface area contributed by atoms with E-state index in [2.05, 4.69) is 15.8 Å². The predicted molar refractivity (Wildman–Crippen MR) is 94.7 cm³/mol. The number of nitrogens with zero attached hydrogens (tertiary/aromatic N) is 1. The highest BCUT2D eigenvalue weighted by molar-refractivity contribution is 6.13. The first-order valence-electron chi connectivity index (χ1n) is 8.07. The van der Waals surface area contributed by atoms with E-state index in [0.717, 1.165) is 0 Å². The van der Waals surface area contributed by atoms with E-state index in [1.54, 1.807) is 44.2 Å². The van der Waals surface area contributed by atoms with Crippen molar-refractivity contribution in [3.8, 4) is 0 Å². The molecule has 0 atom stereocenters. The third-order valence-electron chi connectivity index (χ3n) is 3.66. The van der Waals surface area contributed by atoms with Gasteiger partial charge < -0.3 is 19.9 Å². The zero-order chi connectivity index (χ0) is 19.3. The number of benzene rings is 1. The van der Waals surface area contributed by atoms with E-state index in [9.17, 15) is 14.4 Å². The molecule has 0 unspecified atom stereocenters. The summed E-state index contributed by atoms with van der Waals surface area (Å²) in [6.07, 6.45) is 0. The first-order valence-corrected chi connectivity index (χ1v) is 8.07. The van der Waals surface area contributed by atoms with Gasteiger partial charge in [-0.25, -0.2) is 4.79 Å². The predicted octanol–water partition coefficient (Wildman–Crippen LogP) is 2.76. The molecule has 2 amide bonds. The van der Waals surface area contributed by atoms with Crippen molar-refractivity contribution in [2.45, 2.75) is 27.7 Å². The van der Waals surface area contributed by atoms with E-state index >= 15 is 0 Å². The van der Waals surface area contributed by atoms with Gasteiger partial charge in [0.15, 0.2) is 5.82 Å². The molecule has 1 heterocycles. The summed E-state index contributed by atoms with van der Waals surface area (Å²) in [6.45, 7) is 6.70. The number of hydrogen-bond acceptors (Lipinski definition) is 6. The monoisotopic (exact) mass is 359 g/mol. The first kappa shape index (κ1) is 19.2. The molecule has 2 rings (SSSR count). The minimum atomic E-state index is -1.35. The van der Waals surface area contributed by atoms with Crippen molar-refractivity contribution in [1.29, 1.82) is 0 Å². The maximum atomic E-state index is 12.5. The molecular formula is C18H21N3O5. The summed E-state index contributed by atoms with van der Waals surface area (Å²) < 4.78 is 9.78. The van der Waals surface area contributed by atoms with Crippen molar-refractivity contribution < 1.29 is 23.6 Å². The summed E-state index contributed by atoms with van der Waals surface area (Å²) in [5.74, 6) is -0.671. The van der Waals surface area contributed by atoms with Crippen LogP contribution in [0.15, 0.2) is 34.9 Å². The molecule has 2 aromatic rings. The number of ether oxygens (including phenoxy) is 1. The topological polar surface area (TPSA) is 111 Å². The molecule has 2 N–H and O–H groups in total. The van der Waals surface area contributed by atoms with Crippen molar-refractivity contribution in [2.24, 2.45) is 5.41 Å². The molecule has 0 bridgehead atoms. The summed E-state index contributed by atoms with van der Waals surface area (Å²) in [6, 6.07) is 7.77. The van der Waals surface area contributed by atoms with E-state index in [1.807, 2.05) is 0 Å². The number of rotatable bonds is 6. The third kappa shape index (κ3) is 4.47. The van der Waals surface area contributed by atoms with Gasteiger partial charge in [0.1, 0.15) is 11.2 Å². The molecule has 0 aliphatic carbocycles. The van der Waals surface area contributed by atoms with Gasteiger partial charge in [-0.3, -0.25) is 9.59 Å². The van der Waals surface area contributed by atoms with Crippen molar-refractivity contribution in [3.05, 3.63) is 41.7 Å². The van der Waals surface area contributed by atoms with Gasteiger partial charge in [0, 0.05) is 11.8 Å². The highest BCUT2D eigenvalue weighted by atomic mass is 16.5. The zero-order valence-electron chi connectivity index (χ0n) is 15.1. The van der Waals surface area contributed by atoms with Crippen molar-refractivity contribution in [3.63, 3.8) is 0 Å². The van der Waals surface area contributed by atoms with Gasteiger partial charge in [0.2, 0.25) is 11.8 Å². The molecule has 0 saturated heterocycles. The number of anilines is 2. The van der Waals surface area contributed by atoms with E-state index in [-0.39, 0.29) is 12.4 Å². The van der Waals surface area contributed by atoms with E-state index in [4.69, 9.17) is 9.26 Å².